The van der Waals surface area contributed by atoms with Crippen molar-refractivity contribution in [1.29, 1.82) is 0 Å². The molecule has 0 saturated heterocycles. The van der Waals surface area contributed by atoms with Gasteiger partial charge in [-0.2, -0.15) is 0 Å². The number of hydrogen-bond donors (Lipinski definition) is 1. The molecule has 0 amide bonds. The quantitative estimate of drug-likeness (QED) is 0.711. The third kappa shape index (κ3) is 5.92. The molecule has 4 heteroatoms. The van der Waals surface area contributed by atoms with Crippen molar-refractivity contribution in [1.82, 2.24) is 9.88 Å². The molecule has 1 N–H and O–H groups in total. The Morgan fingerprint density at radius 1 is 1.33 bits per heavy atom. The van der Waals surface area contributed by atoms with Gasteiger partial charge in [0.05, 0.1) is 12.5 Å². The number of aryl methyl sites for hydroxylation is 1. The highest BCUT2D eigenvalue weighted by Gasteiger charge is 2.21. The van der Waals surface area contributed by atoms with Gasteiger partial charge in [0.2, 0.25) is 0 Å². The second-order valence-electron chi connectivity index (χ2n) is 6.09. The fourth-order valence-electron chi connectivity index (χ4n) is 2.15. The molecule has 0 bridgehead atoms. The molecule has 0 saturated carbocycles. The molecule has 1 heterocycles. The van der Waals surface area contributed by atoms with Gasteiger partial charge < -0.3 is 14.6 Å². The molecule has 0 aromatic carbocycles. The van der Waals surface area contributed by atoms with E-state index in [9.17, 15) is 4.79 Å². The van der Waals surface area contributed by atoms with Crippen LogP contribution in [-0.2, 0) is 22.6 Å². The van der Waals surface area contributed by atoms with Gasteiger partial charge in [-0.1, -0.05) is 20.8 Å². The molecular formula is C17H30N2O2. The van der Waals surface area contributed by atoms with E-state index in [1.807, 2.05) is 20.8 Å². The van der Waals surface area contributed by atoms with E-state index in [-0.39, 0.29) is 17.9 Å². The summed E-state index contributed by atoms with van der Waals surface area (Å²) in [4.78, 5) is 11.7. The molecular weight excluding hydrogens is 264 g/mol. The minimum Gasteiger partial charge on any atom is -0.466 e. The van der Waals surface area contributed by atoms with E-state index >= 15 is 0 Å². The maximum atomic E-state index is 11.7. The van der Waals surface area contributed by atoms with Crippen molar-refractivity contribution in [3.63, 3.8) is 0 Å². The van der Waals surface area contributed by atoms with Crippen LogP contribution in [-0.4, -0.2) is 23.2 Å². The number of nitrogens with zero attached hydrogens (tertiary/aromatic N) is 1. The van der Waals surface area contributed by atoms with E-state index in [2.05, 4.69) is 42.1 Å². The van der Waals surface area contributed by atoms with Gasteiger partial charge in [0, 0.05) is 31.0 Å². The van der Waals surface area contributed by atoms with Gasteiger partial charge in [0.1, 0.15) is 0 Å². The fourth-order valence-corrected chi connectivity index (χ4v) is 2.15. The van der Waals surface area contributed by atoms with Crippen LogP contribution in [0.5, 0.6) is 0 Å². The minimum atomic E-state index is -0.135. The Bertz CT molecular complexity index is 426. The first-order valence-electron chi connectivity index (χ1n) is 7.99. The Morgan fingerprint density at radius 2 is 2.05 bits per heavy atom. The number of rotatable bonds is 9. The van der Waals surface area contributed by atoms with Crippen molar-refractivity contribution < 1.29 is 9.53 Å². The summed E-state index contributed by atoms with van der Waals surface area (Å²) >= 11 is 0. The van der Waals surface area contributed by atoms with Gasteiger partial charge in [-0.25, -0.2) is 0 Å². The Kier molecular flexibility index (Phi) is 7.51. The topological polar surface area (TPSA) is 43.3 Å². The van der Waals surface area contributed by atoms with Crippen molar-refractivity contribution >= 4 is 5.97 Å². The molecule has 1 aromatic rings. The molecule has 0 radical (unpaired) electrons. The van der Waals surface area contributed by atoms with Crippen LogP contribution in [0.3, 0.4) is 0 Å². The molecule has 0 aliphatic heterocycles. The van der Waals surface area contributed by atoms with Crippen LogP contribution < -0.4 is 5.32 Å². The van der Waals surface area contributed by atoms with Gasteiger partial charge in [0.15, 0.2) is 0 Å². The fraction of sp³-hybridized carbons (Fsp3) is 0.706. The molecule has 1 rings (SSSR count). The predicted octanol–water partition coefficient (Wildman–Crippen LogP) is 3.21. The first-order valence-corrected chi connectivity index (χ1v) is 7.99. The minimum absolute atomic E-state index is 0.0949. The van der Waals surface area contributed by atoms with Crippen molar-refractivity contribution in [3.05, 3.63) is 24.0 Å². The number of carbonyl (C=O) groups excluding carboxylic acids is 1. The number of nitrogens with one attached hydrogen (secondary N) is 1. The number of ether oxygens (including phenoxy) is 1. The van der Waals surface area contributed by atoms with Crippen LogP contribution in [0.4, 0.5) is 0 Å². The smallest absolute Gasteiger partial charge is 0.310 e. The average Bonchev–Trinajstić information content (AvgIpc) is 2.89. The van der Waals surface area contributed by atoms with E-state index in [0.717, 1.165) is 13.1 Å². The zero-order chi connectivity index (χ0) is 15.8. The number of carbonyl (C=O) groups is 1. The molecule has 2 atom stereocenters. The van der Waals surface area contributed by atoms with E-state index < -0.39 is 0 Å². The largest absolute Gasteiger partial charge is 0.466 e. The maximum Gasteiger partial charge on any atom is 0.310 e. The van der Waals surface area contributed by atoms with Crippen LogP contribution in [0.15, 0.2) is 18.3 Å². The van der Waals surface area contributed by atoms with Gasteiger partial charge in [-0.05, 0) is 38.3 Å². The summed E-state index contributed by atoms with van der Waals surface area (Å²) in [5, 5.41) is 3.43. The Balaban J connectivity index is 2.47. The summed E-state index contributed by atoms with van der Waals surface area (Å²) in [7, 11) is 0. The van der Waals surface area contributed by atoms with E-state index in [1.54, 1.807) is 0 Å². The van der Waals surface area contributed by atoms with E-state index in [4.69, 9.17) is 4.74 Å². The number of hydrogen-bond acceptors (Lipinski definition) is 3. The molecule has 0 fully saturated rings. The first-order chi connectivity index (χ1) is 9.95. The van der Waals surface area contributed by atoms with Crippen LogP contribution in [0.1, 0.15) is 46.7 Å². The van der Waals surface area contributed by atoms with Crippen molar-refractivity contribution in [2.75, 3.05) is 6.61 Å². The van der Waals surface area contributed by atoms with Gasteiger partial charge in [0.25, 0.3) is 0 Å². The van der Waals surface area contributed by atoms with Crippen LogP contribution in [0, 0.1) is 11.8 Å². The third-order valence-electron chi connectivity index (χ3n) is 3.88. The zero-order valence-electron chi connectivity index (χ0n) is 14.1. The summed E-state index contributed by atoms with van der Waals surface area (Å²) in [6, 6.07) is 4.31. The molecule has 21 heavy (non-hydrogen) atoms. The molecule has 120 valence electrons. The summed E-state index contributed by atoms with van der Waals surface area (Å²) < 4.78 is 7.35. The van der Waals surface area contributed by atoms with Gasteiger partial charge >= 0.3 is 5.97 Å². The molecule has 4 nitrogen and oxygen atoms in total. The molecule has 2 unspecified atom stereocenters. The van der Waals surface area contributed by atoms with Crippen molar-refractivity contribution in [2.45, 2.75) is 60.2 Å². The average molecular weight is 294 g/mol. The normalized spacial score (nSPS) is 14.2. The van der Waals surface area contributed by atoms with Gasteiger partial charge in [-0.3, -0.25) is 4.79 Å². The summed E-state index contributed by atoms with van der Waals surface area (Å²) in [6.07, 6.45) is 3.30. The molecule has 0 spiro atoms. The lowest BCUT2D eigenvalue weighted by Gasteiger charge is -2.20. The highest BCUT2D eigenvalue weighted by Crippen LogP contribution is 2.10. The first kappa shape index (κ1) is 17.8. The molecule has 0 aliphatic rings. The second-order valence-corrected chi connectivity index (χ2v) is 6.09. The lowest BCUT2D eigenvalue weighted by molar-refractivity contribution is -0.148. The lowest BCUT2D eigenvalue weighted by Crippen LogP contribution is -2.37. The summed E-state index contributed by atoms with van der Waals surface area (Å²) in [5.74, 6) is 0.438. The van der Waals surface area contributed by atoms with Crippen molar-refractivity contribution in [2.24, 2.45) is 11.8 Å². The highest BCUT2D eigenvalue weighted by molar-refractivity contribution is 5.72. The maximum absolute atomic E-state index is 11.7. The zero-order valence-corrected chi connectivity index (χ0v) is 14.1. The predicted molar refractivity (Wildman–Crippen MR) is 86.0 cm³/mol. The number of aromatic nitrogens is 1. The molecule has 0 aliphatic carbocycles. The third-order valence-corrected chi connectivity index (χ3v) is 3.88. The second kappa shape index (κ2) is 8.88. The Labute approximate surface area is 128 Å². The lowest BCUT2D eigenvalue weighted by atomic mass is 10.0. The Morgan fingerprint density at radius 3 is 2.67 bits per heavy atom. The van der Waals surface area contributed by atoms with E-state index in [0.29, 0.717) is 12.5 Å². The summed E-state index contributed by atoms with van der Waals surface area (Å²) in [5.41, 5.74) is 1.26. The van der Waals surface area contributed by atoms with Crippen LogP contribution in [0.25, 0.3) is 0 Å². The molecule has 1 aromatic heterocycles. The van der Waals surface area contributed by atoms with Crippen LogP contribution in [0.2, 0.25) is 0 Å². The number of esters is 1. The summed E-state index contributed by atoms with van der Waals surface area (Å²) in [6.45, 7) is 12.5. The Hall–Kier alpha value is -1.29. The van der Waals surface area contributed by atoms with Crippen LogP contribution >= 0.6 is 0 Å². The van der Waals surface area contributed by atoms with Crippen molar-refractivity contribution in [3.8, 4) is 0 Å². The van der Waals surface area contributed by atoms with Gasteiger partial charge in [-0.15, -0.1) is 0 Å². The van der Waals surface area contributed by atoms with E-state index in [1.165, 1.54) is 12.1 Å². The standard InChI is InChI=1S/C17H30N2O2/c1-6-21-17(20)14(4)15(5)18-12-16-8-7-10-19(16)11-9-13(2)3/h7-8,10,13-15,18H,6,9,11-12H2,1-5H3. The SMILES string of the molecule is CCOC(=O)C(C)C(C)NCc1cccn1CCC(C)C. The highest BCUT2D eigenvalue weighted by atomic mass is 16.5. The monoisotopic (exact) mass is 294 g/mol.